The van der Waals surface area contributed by atoms with Crippen molar-refractivity contribution in [3.05, 3.63) is 53.5 Å². The van der Waals surface area contributed by atoms with E-state index in [0.29, 0.717) is 5.82 Å². The van der Waals surface area contributed by atoms with E-state index in [0.717, 1.165) is 18.2 Å². The molecule has 1 aromatic carbocycles. The van der Waals surface area contributed by atoms with Gasteiger partial charge in [0.15, 0.2) is 5.84 Å². The van der Waals surface area contributed by atoms with Crippen LogP contribution >= 0.6 is 0 Å². The van der Waals surface area contributed by atoms with Gasteiger partial charge in [-0.05, 0) is 44.5 Å². The molecular weight excluding hydrogens is 410 g/mol. The summed E-state index contributed by atoms with van der Waals surface area (Å²) in [5, 5.41) is 14.4. The second-order valence-corrected chi connectivity index (χ2v) is 8.18. The quantitative estimate of drug-likeness (QED) is 0.292. The van der Waals surface area contributed by atoms with Gasteiger partial charge in [0, 0.05) is 19.0 Å². The highest BCUT2D eigenvalue weighted by atomic mass is 19.1. The van der Waals surface area contributed by atoms with E-state index in [1.54, 1.807) is 25.7 Å². The summed E-state index contributed by atoms with van der Waals surface area (Å²) in [6.45, 7) is 5.71. The van der Waals surface area contributed by atoms with Crippen molar-refractivity contribution in [2.45, 2.75) is 38.3 Å². The molecule has 2 unspecified atom stereocenters. The van der Waals surface area contributed by atoms with Crippen LogP contribution in [0.2, 0.25) is 0 Å². The van der Waals surface area contributed by atoms with Crippen LogP contribution in [0.25, 0.3) is 0 Å². The molecule has 4 N–H and O–H groups in total. The second-order valence-electron chi connectivity index (χ2n) is 8.18. The van der Waals surface area contributed by atoms with Gasteiger partial charge in [-0.25, -0.2) is 23.5 Å². The fourth-order valence-corrected chi connectivity index (χ4v) is 3.38. The number of hydrogen-bond donors (Lipinski definition) is 3. The predicted octanol–water partition coefficient (Wildman–Crippen LogP) is 2.35. The van der Waals surface area contributed by atoms with E-state index >= 15 is 0 Å². The third kappa shape index (κ3) is 5.36. The van der Waals surface area contributed by atoms with Crippen LogP contribution in [0.5, 0.6) is 0 Å². The van der Waals surface area contributed by atoms with Gasteiger partial charge >= 0.3 is 6.09 Å². The van der Waals surface area contributed by atoms with E-state index in [4.69, 9.17) is 15.7 Å². The summed E-state index contributed by atoms with van der Waals surface area (Å²) in [7, 11) is 0. The highest BCUT2D eigenvalue weighted by Crippen LogP contribution is 2.32. The molecule has 9 nitrogen and oxygen atoms in total. The van der Waals surface area contributed by atoms with Gasteiger partial charge in [0.25, 0.3) is 0 Å². The molecule has 31 heavy (non-hydrogen) atoms. The number of hydrogen-bond acceptors (Lipinski definition) is 7. The SMILES string of the molecule is CC(C)(C)OC(=O)NC1CN(c2cnc(C(N)=NO)cn2)CC1c1cc(F)ccc1F. The molecule has 2 atom stereocenters. The zero-order valence-corrected chi connectivity index (χ0v) is 17.3. The van der Waals surface area contributed by atoms with Crippen molar-refractivity contribution < 1.29 is 23.5 Å². The minimum Gasteiger partial charge on any atom is -0.444 e. The van der Waals surface area contributed by atoms with E-state index in [-0.39, 0.29) is 30.2 Å². The number of ether oxygens (including phenoxy) is 1. The number of alkyl carbamates (subject to hydrolysis) is 1. The number of carbonyl (C=O) groups is 1. The summed E-state index contributed by atoms with van der Waals surface area (Å²) < 4.78 is 33.7. The molecule has 3 rings (SSSR count). The predicted molar refractivity (Wildman–Crippen MR) is 109 cm³/mol. The van der Waals surface area contributed by atoms with Crippen LogP contribution in [-0.4, -0.2) is 51.8 Å². The van der Waals surface area contributed by atoms with Crippen LogP contribution in [0, 0.1) is 11.6 Å². The monoisotopic (exact) mass is 434 g/mol. The summed E-state index contributed by atoms with van der Waals surface area (Å²) >= 11 is 0. The Labute approximate surface area is 177 Å². The Balaban J connectivity index is 1.87. The summed E-state index contributed by atoms with van der Waals surface area (Å²) in [5.74, 6) is -1.46. The van der Waals surface area contributed by atoms with Gasteiger partial charge in [0.05, 0.1) is 18.4 Å². The molecular formula is C20H24F2N6O3. The first-order valence-corrected chi connectivity index (χ1v) is 9.56. The minimum atomic E-state index is -0.711. The standard InChI is InChI=1S/C20H24F2N6O3/c1-20(2,3)31-19(29)26-16-10-28(17-8-24-15(7-25-17)18(23)27-30)9-13(16)12-6-11(21)4-5-14(12)22/h4-8,13,16,30H,9-10H2,1-3H3,(H2,23,27)(H,26,29). The van der Waals surface area contributed by atoms with Crippen molar-refractivity contribution in [1.29, 1.82) is 0 Å². The smallest absolute Gasteiger partial charge is 0.407 e. The molecule has 0 bridgehead atoms. The third-order valence-corrected chi connectivity index (χ3v) is 4.71. The van der Waals surface area contributed by atoms with E-state index in [1.165, 1.54) is 12.4 Å². The van der Waals surface area contributed by atoms with Crippen LogP contribution in [0.15, 0.2) is 35.7 Å². The van der Waals surface area contributed by atoms with Gasteiger partial charge in [-0.1, -0.05) is 5.16 Å². The Morgan fingerprint density at radius 1 is 1.29 bits per heavy atom. The van der Waals surface area contributed by atoms with Crippen molar-refractivity contribution >= 4 is 17.7 Å². The van der Waals surface area contributed by atoms with Crippen molar-refractivity contribution in [2.24, 2.45) is 10.9 Å². The van der Waals surface area contributed by atoms with E-state index in [1.807, 2.05) is 0 Å². The first-order chi connectivity index (χ1) is 14.6. The molecule has 0 aliphatic carbocycles. The minimum absolute atomic E-state index is 0.143. The molecule has 11 heteroatoms. The first kappa shape index (κ1) is 22.2. The second kappa shape index (κ2) is 8.70. The molecule has 1 saturated heterocycles. The largest absolute Gasteiger partial charge is 0.444 e. The summed E-state index contributed by atoms with van der Waals surface area (Å²) in [4.78, 5) is 22.5. The summed E-state index contributed by atoms with van der Waals surface area (Å²) in [6.07, 6.45) is 2.09. The van der Waals surface area contributed by atoms with E-state index < -0.39 is 35.3 Å². The molecule has 2 heterocycles. The van der Waals surface area contributed by atoms with Gasteiger partial charge in [-0.15, -0.1) is 0 Å². The van der Waals surface area contributed by atoms with Gasteiger partial charge in [0.1, 0.15) is 28.7 Å². The molecule has 1 aliphatic rings. The lowest BCUT2D eigenvalue weighted by Gasteiger charge is -2.24. The molecule has 0 spiro atoms. The number of carbonyl (C=O) groups excluding carboxylic acids is 1. The van der Waals surface area contributed by atoms with Crippen molar-refractivity contribution in [3.63, 3.8) is 0 Å². The number of nitrogens with one attached hydrogen (secondary N) is 1. The fraction of sp³-hybridized carbons (Fsp3) is 0.400. The number of rotatable bonds is 4. The molecule has 1 aromatic heterocycles. The number of anilines is 1. The average Bonchev–Trinajstić information content (AvgIpc) is 3.11. The van der Waals surface area contributed by atoms with Crippen molar-refractivity contribution in [2.75, 3.05) is 18.0 Å². The number of aromatic nitrogens is 2. The Morgan fingerprint density at radius 2 is 2.03 bits per heavy atom. The van der Waals surface area contributed by atoms with Crippen LogP contribution < -0.4 is 16.0 Å². The highest BCUT2D eigenvalue weighted by molar-refractivity contribution is 5.94. The first-order valence-electron chi connectivity index (χ1n) is 9.56. The molecule has 166 valence electrons. The number of amides is 1. The Bertz CT molecular complexity index is 978. The summed E-state index contributed by atoms with van der Waals surface area (Å²) in [5.41, 5.74) is 5.11. The van der Waals surface area contributed by atoms with E-state index in [9.17, 15) is 13.6 Å². The van der Waals surface area contributed by atoms with Crippen LogP contribution in [0.4, 0.5) is 19.4 Å². The zero-order chi connectivity index (χ0) is 22.8. The van der Waals surface area contributed by atoms with Crippen LogP contribution in [-0.2, 0) is 4.74 Å². The summed E-state index contributed by atoms with van der Waals surface area (Å²) in [6, 6.07) is 2.65. The number of oxime groups is 1. The molecule has 1 fully saturated rings. The number of benzene rings is 1. The highest BCUT2D eigenvalue weighted by Gasteiger charge is 2.38. The maximum Gasteiger partial charge on any atom is 0.407 e. The Morgan fingerprint density at radius 3 is 2.65 bits per heavy atom. The Kier molecular flexibility index (Phi) is 6.23. The topological polar surface area (TPSA) is 126 Å². The maximum absolute atomic E-state index is 14.5. The lowest BCUT2D eigenvalue weighted by Crippen LogP contribution is -2.43. The van der Waals surface area contributed by atoms with Gasteiger partial charge in [-0.2, -0.15) is 0 Å². The molecule has 1 aliphatic heterocycles. The van der Waals surface area contributed by atoms with E-state index in [2.05, 4.69) is 20.4 Å². The number of halogens is 2. The number of nitrogens with two attached hydrogens (primary N) is 1. The Hall–Kier alpha value is -3.50. The molecule has 0 saturated carbocycles. The molecule has 2 aromatic rings. The zero-order valence-electron chi connectivity index (χ0n) is 17.3. The van der Waals surface area contributed by atoms with Crippen molar-refractivity contribution in [3.8, 4) is 0 Å². The van der Waals surface area contributed by atoms with Gasteiger partial charge < -0.3 is 25.9 Å². The number of amidine groups is 1. The molecule has 1 amide bonds. The lowest BCUT2D eigenvalue weighted by atomic mass is 9.94. The van der Waals surface area contributed by atoms with Gasteiger partial charge in [-0.3, -0.25) is 0 Å². The van der Waals surface area contributed by atoms with Gasteiger partial charge in [0.2, 0.25) is 0 Å². The van der Waals surface area contributed by atoms with Crippen LogP contribution in [0.1, 0.15) is 37.9 Å². The normalized spacial score (nSPS) is 19.4. The lowest BCUT2D eigenvalue weighted by molar-refractivity contribution is 0.0504. The third-order valence-electron chi connectivity index (χ3n) is 4.71. The average molecular weight is 434 g/mol. The van der Waals surface area contributed by atoms with Crippen LogP contribution in [0.3, 0.4) is 0 Å². The van der Waals surface area contributed by atoms with Crippen molar-refractivity contribution in [1.82, 2.24) is 15.3 Å². The molecule has 0 radical (unpaired) electrons. The number of nitrogens with zero attached hydrogens (tertiary/aromatic N) is 4. The maximum atomic E-state index is 14.5. The fourth-order valence-electron chi connectivity index (χ4n) is 3.38.